The number of anilines is 1. The highest BCUT2D eigenvalue weighted by Crippen LogP contribution is 2.35. The number of piperidine rings is 1. The summed E-state index contributed by atoms with van der Waals surface area (Å²) < 4.78 is 28.1. The van der Waals surface area contributed by atoms with Crippen molar-refractivity contribution in [1.29, 1.82) is 0 Å². The Morgan fingerprint density at radius 1 is 0.889 bits per heavy atom. The van der Waals surface area contributed by atoms with Gasteiger partial charge >= 0.3 is 0 Å². The zero-order valence-corrected chi connectivity index (χ0v) is 26.9. The molecule has 8 nitrogen and oxygen atoms in total. The van der Waals surface area contributed by atoms with E-state index in [0.717, 1.165) is 32.6 Å². The first-order chi connectivity index (χ1) is 21.7. The highest BCUT2D eigenvalue weighted by molar-refractivity contribution is 7.89. The number of nitrogens with one attached hydrogen (secondary N) is 2. The number of aromatic nitrogens is 2. The van der Waals surface area contributed by atoms with Crippen LogP contribution >= 0.6 is 11.6 Å². The van der Waals surface area contributed by atoms with Crippen molar-refractivity contribution in [2.75, 3.05) is 25.5 Å². The number of benzene rings is 4. The maximum atomic E-state index is 13.3. The fourth-order valence-electron chi connectivity index (χ4n) is 5.77. The van der Waals surface area contributed by atoms with Crippen molar-refractivity contribution in [3.63, 3.8) is 0 Å². The standard InChI is InChI=1S/C34H31Cl2N5O3S/c1-37-34(42)24-6-13-29(14-7-24)45(43,44)41-18-16-28(17-19-41)40-33-30-20-25(8-15-31(30)38-21-39-33)32(22-2-9-26(35)10-3-22)23-4-11-27(36)12-5-23/h2-15,20-21,28,32,35H,16-19H2,1H3,(H-,37,38,39,40,42)/p+1. The highest BCUT2D eigenvalue weighted by atomic mass is 35.5. The van der Waals surface area contributed by atoms with Crippen molar-refractivity contribution in [1.82, 2.24) is 19.6 Å². The van der Waals surface area contributed by atoms with Gasteiger partial charge in [0.2, 0.25) is 15.0 Å². The minimum atomic E-state index is -3.68. The Hall–Kier alpha value is -4.02. The topological polar surface area (TPSA) is 104 Å². The summed E-state index contributed by atoms with van der Waals surface area (Å²) in [4.78, 5) is 21.1. The van der Waals surface area contributed by atoms with Gasteiger partial charge in [0, 0.05) is 60.2 Å². The molecule has 0 saturated carbocycles. The molecule has 1 saturated heterocycles. The van der Waals surface area contributed by atoms with Gasteiger partial charge < -0.3 is 10.6 Å². The molecule has 6 rings (SSSR count). The molecule has 2 heterocycles. The third-order valence-corrected chi connectivity index (χ3v) is 10.6. The van der Waals surface area contributed by atoms with E-state index >= 15 is 0 Å². The second-order valence-electron chi connectivity index (χ2n) is 11.0. The van der Waals surface area contributed by atoms with Crippen LogP contribution in [0.15, 0.2) is 102 Å². The molecule has 0 bridgehead atoms. The summed E-state index contributed by atoms with van der Waals surface area (Å²) in [5, 5.41) is 8.46. The van der Waals surface area contributed by atoms with Gasteiger partial charge in [-0.2, -0.15) is 4.31 Å². The molecule has 230 valence electrons. The van der Waals surface area contributed by atoms with Crippen molar-refractivity contribution in [2.24, 2.45) is 0 Å². The minimum Gasteiger partial charge on any atom is -0.367 e. The van der Waals surface area contributed by atoms with Gasteiger partial charge in [-0.15, -0.1) is 0 Å². The lowest BCUT2D eigenvalue weighted by molar-refractivity contribution is -0.288. The lowest BCUT2D eigenvalue weighted by Gasteiger charge is -2.32. The van der Waals surface area contributed by atoms with E-state index in [1.165, 1.54) is 35.6 Å². The van der Waals surface area contributed by atoms with Crippen LogP contribution in [-0.2, 0) is 10.0 Å². The Bertz CT molecular complexity index is 1880. The normalized spacial score (nSPS) is 15.1. The quantitative estimate of drug-likeness (QED) is 0.204. The number of halogens is 2. The van der Waals surface area contributed by atoms with Gasteiger partial charge in [-0.05, 0) is 78.1 Å². The molecule has 1 aliphatic heterocycles. The maximum absolute atomic E-state index is 13.3. The first-order valence-corrected chi connectivity index (χ1v) is 16.8. The Balaban J connectivity index is 1.23. The Labute approximate surface area is 272 Å². The summed E-state index contributed by atoms with van der Waals surface area (Å²) in [5.41, 5.74) is 4.50. The second kappa shape index (κ2) is 13.1. The fourth-order valence-corrected chi connectivity index (χ4v) is 7.50. The van der Waals surface area contributed by atoms with Crippen molar-refractivity contribution in [2.45, 2.75) is 29.7 Å². The zero-order chi connectivity index (χ0) is 31.6. The molecule has 1 aromatic heterocycles. The Morgan fingerprint density at radius 3 is 2.16 bits per heavy atom. The minimum absolute atomic E-state index is 0.0282. The van der Waals surface area contributed by atoms with Crippen molar-refractivity contribution in [3.8, 4) is 0 Å². The van der Waals surface area contributed by atoms with Gasteiger partial charge in [0.15, 0.2) is 11.6 Å². The van der Waals surface area contributed by atoms with E-state index in [2.05, 4.69) is 44.9 Å². The molecule has 0 spiro atoms. The smallest absolute Gasteiger partial charge is 0.251 e. The Kier molecular flexibility index (Phi) is 9.05. The van der Waals surface area contributed by atoms with E-state index in [-0.39, 0.29) is 22.8 Å². The van der Waals surface area contributed by atoms with Crippen LogP contribution in [0.2, 0.25) is 10.0 Å². The summed E-state index contributed by atoms with van der Waals surface area (Å²) >= 11 is 11.6. The number of nitrogens with zero attached hydrogens (tertiary/aromatic N) is 3. The average molecular weight is 662 g/mol. The van der Waals surface area contributed by atoms with Gasteiger partial charge in [-0.25, -0.2) is 18.4 Å². The van der Waals surface area contributed by atoms with Crippen LogP contribution < -0.4 is 10.6 Å². The van der Waals surface area contributed by atoms with Gasteiger partial charge in [0.1, 0.15) is 12.1 Å². The molecule has 1 aliphatic rings. The average Bonchev–Trinajstić information content (AvgIpc) is 3.07. The predicted molar refractivity (Wildman–Crippen MR) is 174 cm³/mol. The molecule has 2 N–H and O–H groups in total. The molecule has 1 amide bonds. The molecular formula is C34H32Cl2N5O3S+. The largest absolute Gasteiger partial charge is 0.367 e. The molecule has 1 atom stereocenters. The molecule has 45 heavy (non-hydrogen) atoms. The van der Waals surface area contributed by atoms with E-state index < -0.39 is 10.0 Å². The van der Waals surface area contributed by atoms with Crippen LogP contribution in [0.3, 0.4) is 0 Å². The summed E-state index contributed by atoms with van der Waals surface area (Å²) in [6.45, 7) is 0.728. The first-order valence-electron chi connectivity index (χ1n) is 14.6. The van der Waals surface area contributed by atoms with Crippen molar-refractivity contribution >= 4 is 44.3 Å². The molecule has 5 aromatic rings. The van der Waals surface area contributed by atoms with Crippen LogP contribution in [-0.4, -0.2) is 54.8 Å². The molecule has 4 aromatic carbocycles. The van der Waals surface area contributed by atoms with E-state index in [0.29, 0.717) is 42.3 Å². The number of hydrogen-bond donors (Lipinski definition) is 2. The van der Waals surface area contributed by atoms with Crippen LogP contribution in [0.1, 0.15) is 45.8 Å². The molecule has 1 unspecified atom stereocenters. The number of carbonyl (C=O) groups excluding carboxylic acids is 1. The van der Waals surface area contributed by atoms with Gasteiger partial charge in [-0.1, -0.05) is 41.9 Å². The number of hydrogen-bond acceptors (Lipinski definition) is 6. The lowest BCUT2D eigenvalue weighted by Crippen LogP contribution is -2.42. The monoisotopic (exact) mass is 660 g/mol. The summed E-state index contributed by atoms with van der Waals surface area (Å²) in [5.74, 6) is 0.389. The second-order valence-corrected chi connectivity index (χ2v) is 13.8. The van der Waals surface area contributed by atoms with E-state index in [1.54, 1.807) is 6.33 Å². The molecular weight excluding hydrogens is 629 g/mol. The van der Waals surface area contributed by atoms with Crippen LogP contribution in [0.25, 0.3) is 10.9 Å². The van der Waals surface area contributed by atoms with Gasteiger partial charge in [0.05, 0.1) is 10.4 Å². The number of sulfonamides is 1. The number of amides is 1. The number of fused-ring (bicyclic) bond motifs is 1. The third-order valence-electron chi connectivity index (χ3n) is 8.19. The lowest BCUT2D eigenvalue weighted by atomic mass is 9.84. The first kappa shape index (κ1) is 31.0. The van der Waals surface area contributed by atoms with E-state index in [9.17, 15) is 13.2 Å². The molecule has 0 aliphatic carbocycles. The van der Waals surface area contributed by atoms with Gasteiger partial charge in [-0.3, -0.25) is 4.79 Å². The summed E-state index contributed by atoms with van der Waals surface area (Å²) in [6.07, 6.45) is 2.77. The highest BCUT2D eigenvalue weighted by Gasteiger charge is 2.30. The Morgan fingerprint density at radius 2 is 1.51 bits per heavy atom. The van der Waals surface area contributed by atoms with Crippen molar-refractivity contribution < 1.29 is 24.8 Å². The van der Waals surface area contributed by atoms with Crippen LogP contribution in [0, 0.1) is 11.6 Å². The maximum Gasteiger partial charge on any atom is 0.251 e. The van der Waals surface area contributed by atoms with Crippen LogP contribution in [0.5, 0.6) is 0 Å². The van der Waals surface area contributed by atoms with Gasteiger partial charge in [0.25, 0.3) is 5.91 Å². The number of rotatable bonds is 8. The SMILES string of the molecule is CNC(=O)c1ccc(S(=O)(=O)N2CCC(Nc3ncnc4ccc(C(c5ccc(Cl)cc5)c5ccc([ClH+])cc5)cc34)CC2)cc1. The molecule has 0 radical (unpaired) electrons. The van der Waals surface area contributed by atoms with Crippen molar-refractivity contribution in [3.05, 3.63) is 130 Å². The zero-order valence-electron chi connectivity index (χ0n) is 24.5. The summed E-state index contributed by atoms with van der Waals surface area (Å²) in [7, 11) is -2.15. The fraction of sp³-hybridized carbons (Fsp3) is 0.206. The third kappa shape index (κ3) is 6.67. The van der Waals surface area contributed by atoms with Crippen LogP contribution in [0.4, 0.5) is 5.82 Å². The molecule has 11 heteroatoms. The molecule has 1 fully saturated rings. The number of carbonyl (C=O) groups is 1. The summed E-state index contributed by atoms with van der Waals surface area (Å²) in [6, 6.07) is 28.1. The predicted octanol–water partition coefficient (Wildman–Crippen LogP) is 5.78. The van der Waals surface area contributed by atoms with E-state index in [1.807, 2.05) is 42.5 Å². The van der Waals surface area contributed by atoms with E-state index in [4.69, 9.17) is 23.2 Å².